The van der Waals surface area contributed by atoms with E-state index < -0.39 is 0 Å². The van der Waals surface area contributed by atoms with Gasteiger partial charge in [-0.2, -0.15) is 5.10 Å². The molecule has 1 fully saturated rings. The minimum absolute atomic E-state index is 0.439. The molecule has 0 amide bonds. The van der Waals surface area contributed by atoms with Gasteiger partial charge in [-0.05, 0) is 37.7 Å². The van der Waals surface area contributed by atoms with Crippen LogP contribution in [0, 0.1) is 5.92 Å². The Kier molecular flexibility index (Phi) is 3.19. The van der Waals surface area contributed by atoms with E-state index in [1.54, 1.807) is 0 Å². The summed E-state index contributed by atoms with van der Waals surface area (Å²) >= 11 is 0. The van der Waals surface area contributed by atoms with Crippen LogP contribution in [-0.2, 0) is 17.8 Å². The third kappa shape index (κ3) is 2.67. The van der Waals surface area contributed by atoms with Crippen molar-refractivity contribution in [2.45, 2.75) is 45.6 Å². The van der Waals surface area contributed by atoms with E-state index in [9.17, 15) is 4.79 Å². The molecule has 0 aromatic carbocycles. The molecule has 1 aromatic rings. The smallest absolute Gasteiger partial charge is 0.133 e. The zero-order valence-electron chi connectivity index (χ0n) is 9.28. The number of hydrogen-bond acceptors (Lipinski definition) is 2. The second-order valence-corrected chi connectivity index (χ2v) is 4.41. The number of rotatable bonds is 3. The number of carbonyl (C=O) groups excluding carboxylic acids is 1. The average molecular weight is 206 g/mol. The van der Waals surface area contributed by atoms with Crippen LogP contribution in [0.15, 0.2) is 12.4 Å². The van der Waals surface area contributed by atoms with Gasteiger partial charge in [-0.3, -0.25) is 9.48 Å². The molecule has 0 spiro atoms. The summed E-state index contributed by atoms with van der Waals surface area (Å²) in [6, 6.07) is 0. The summed E-state index contributed by atoms with van der Waals surface area (Å²) in [6.07, 6.45) is 8.89. The van der Waals surface area contributed by atoms with Gasteiger partial charge in [-0.15, -0.1) is 0 Å². The summed E-state index contributed by atoms with van der Waals surface area (Å²) in [4.78, 5) is 11.3. The van der Waals surface area contributed by atoms with Crippen LogP contribution in [0.3, 0.4) is 0 Å². The molecule has 0 saturated heterocycles. The fraction of sp³-hybridized carbons (Fsp3) is 0.667. The van der Waals surface area contributed by atoms with E-state index in [4.69, 9.17) is 0 Å². The summed E-state index contributed by atoms with van der Waals surface area (Å²) < 4.78 is 1.94. The molecule has 0 N–H and O–H groups in total. The third-order valence-electron chi connectivity index (χ3n) is 3.12. The van der Waals surface area contributed by atoms with Crippen LogP contribution in [0.2, 0.25) is 0 Å². The van der Waals surface area contributed by atoms with Gasteiger partial charge in [0.05, 0.1) is 6.20 Å². The van der Waals surface area contributed by atoms with E-state index in [0.717, 1.165) is 32.2 Å². The predicted octanol–water partition coefficient (Wildman–Crippen LogP) is 2.20. The zero-order chi connectivity index (χ0) is 10.7. The largest absolute Gasteiger partial charge is 0.300 e. The number of nitrogens with zero attached hydrogens (tertiary/aromatic N) is 2. The Morgan fingerprint density at radius 1 is 1.60 bits per heavy atom. The number of hydrogen-bond donors (Lipinski definition) is 0. The molecule has 3 heteroatoms. The SMILES string of the molecule is CCn1cc(CC2CCCC(=O)C2)cn1. The second-order valence-electron chi connectivity index (χ2n) is 4.41. The van der Waals surface area contributed by atoms with Crippen LogP contribution in [0.25, 0.3) is 0 Å². The molecule has 0 bridgehead atoms. The molecule has 0 radical (unpaired) electrons. The van der Waals surface area contributed by atoms with Crippen molar-refractivity contribution in [3.05, 3.63) is 18.0 Å². The van der Waals surface area contributed by atoms with Crippen molar-refractivity contribution in [2.24, 2.45) is 5.92 Å². The minimum atomic E-state index is 0.439. The van der Waals surface area contributed by atoms with Gasteiger partial charge in [0.2, 0.25) is 0 Å². The summed E-state index contributed by atoms with van der Waals surface area (Å²) in [5.41, 5.74) is 1.27. The van der Waals surface area contributed by atoms with Gasteiger partial charge >= 0.3 is 0 Å². The quantitative estimate of drug-likeness (QED) is 0.760. The van der Waals surface area contributed by atoms with Gasteiger partial charge in [0, 0.05) is 25.6 Å². The summed E-state index contributed by atoms with van der Waals surface area (Å²) in [6.45, 7) is 3.00. The summed E-state index contributed by atoms with van der Waals surface area (Å²) in [5.74, 6) is 0.995. The molecule has 0 aliphatic heterocycles. The topological polar surface area (TPSA) is 34.9 Å². The fourth-order valence-electron chi connectivity index (χ4n) is 2.31. The van der Waals surface area contributed by atoms with E-state index in [-0.39, 0.29) is 0 Å². The normalized spacial score (nSPS) is 21.9. The van der Waals surface area contributed by atoms with E-state index >= 15 is 0 Å². The molecule has 1 aliphatic rings. The highest BCUT2D eigenvalue weighted by Gasteiger charge is 2.19. The maximum atomic E-state index is 11.3. The lowest BCUT2D eigenvalue weighted by Gasteiger charge is -2.19. The van der Waals surface area contributed by atoms with Crippen molar-refractivity contribution in [1.29, 1.82) is 0 Å². The lowest BCUT2D eigenvalue weighted by molar-refractivity contribution is -0.121. The van der Waals surface area contributed by atoms with Gasteiger partial charge in [0.25, 0.3) is 0 Å². The third-order valence-corrected chi connectivity index (χ3v) is 3.12. The van der Waals surface area contributed by atoms with Gasteiger partial charge in [-0.25, -0.2) is 0 Å². The van der Waals surface area contributed by atoms with Gasteiger partial charge in [0.15, 0.2) is 0 Å². The van der Waals surface area contributed by atoms with Crippen molar-refractivity contribution < 1.29 is 4.79 Å². The Balaban J connectivity index is 1.93. The minimum Gasteiger partial charge on any atom is -0.300 e. The van der Waals surface area contributed by atoms with Crippen LogP contribution in [0.5, 0.6) is 0 Å². The second kappa shape index (κ2) is 4.60. The summed E-state index contributed by atoms with van der Waals surface area (Å²) in [7, 11) is 0. The summed E-state index contributed by atoms with van der Waals surface area (Å²) in [5, 5.41) is 4.25. The van der Waals surface area contributed by atoms with E-state index in [1.165, 1.54) is 12.0 Å². The predicted molar refractivity (Wildman–Crippen MR) is 58.6 cm³/mol. The Morgan fingerprint density at radius 2 is 2.47 bits per heavy atom. The molecule has 3 nitrogen and oxygen atoms in total. The molecular formula is C12H18N2O. The Morgan fingerprint density at radius 3 is 3.13 bits per heavy atom. The number of Topliss-reactive ketones (excluding diaryl/α,β-unsaturated/α-hetero) is 1. The maximum absolute atomic E-state index is 11.3. The first-order valence-electron chi connectivity index (χ1n) is 5.81. The van der Waals surface area contributed by atoms with Crippen LogP contribution < -0.4 is 0 Å². The highest BCUT2D eigenvalue weighted by Crippen LogP contribution is 2.24. The van der Waals surface area contributed by atoms with E-state index in [0.29, 0.717) is 11.7 Å². The lowest BCUT2D eigenvalue weighted by Crippen LogP contribution is -2.16. The number of aryl methyl sites for hydroxylation is 1. The molecule has 1 aromatic heterocycles. The monoisotopic (exact) mass is 206 g/mol. The van der Waals surface area contributed by atoms with Crippen molar-refractivity contribution in [3.63, 3.8) is 0 Å². The standard InChI is InChI=1S/C12H18N2O/c1-2-14-9-11(8-13-14)6-10-4-3-5-12(15)7-10/h8-10H,2-7H2,1H3. The first-order valence-corrected chi connectivity index (χ1v) is 5.81. The van der Waals surface area contributed by atoms with E-state index in [1.807, 2.05) is 10.9 Å². The molecule has 1 saturated carbocycles. The Hall–Kier alpha value is -1.12. The zero-order valence-corrected chi connectivity index (χ0v) is 9.28. The number of ketones is 1. The maximum Gasteiger partial charge on any atom is 0.133 e. The van der Waals surface area contributed by atoms with Gasteiger partial charge < -0.3 is 0 Å². The first kappa shape index (κ1) is 10.4. The van der Waals surface area contributed by atoms with Gasteiger partial charge in [0.1, 0.15) is 5.78 Å². The molecular weight excluding hydrogens is 188 g/mol. The van der Waals surface area contributed by atoms with Gasteiger partial charge in [-0.1, -0.05) is 0 Å². The Labute approximate surface area is 90.5 Å². The van der Waals surface area contributed by atoms with Crippen molar-refractivity contribution >= 4 is 5.78 Å². The van der Waals surface area contributed by atoms with Crippen LogP contribution in [0.1, 0.15) is 38.2 Å². The highest BCUT2D eigenvalue weighted by molar-refractivity contribution is 5.79. The molecule has 1 atom stereocenters. The molecule has 2 rings (SSSR count). The molecule has 1 unspecified atom stereocenters. The van der Waals surface area contributed by atoms with Crippen LogP contribution in [0.4, 0.5) is 0 Å². The molecule has 1 aliphatic carbocycles. The average Bonchev–Trinajstić information content (AvgIpc) is 2.65. The van der Waals surface area contributed by atoms with Crippen molar-refractivity contribution in [3.8, 4) is 0 Å². The van der Waals surface area contributed by atoms with Crippen molar-refractivity contribution in [1.82, 2.24) is 9.78 Å². The molecule has 1 heterocycles. The highest BCUT2D eigenvalue weighted by atomic mass is 16.1. The number of aromatic nitrogens is 2. The first-order chi connectivity index (χ1) is 7.28. The molecule has 15 heavy (non-hydrogen) atoms. The van der Waals surface area contributed by atoms with Crippen LogP contribution >= 0.6 is 0 Å². The fourth-order valence-corrected chi connectivity index (χ4v) is 2.31. The lowest BCUT2D eigenvalue weighted by atomic mass is 9.85. The van der Waals surface area contributed by atoms with E-state index in [2.05, 4.69) is 18.2 Å². The van der Waals surface area contributed by atoms with Crippen molar-refractivity contribution in [2.75, 3.05) is 0 Å². The molecule has 82 valence electrons. The Bertz CT molecular complexity index is 343. The van der Waals surface area contributed by atoms with Crippen LogP contribution in [-0.4, -0.2) is 15.6 Å². The number of carbonyl (C=O) groups is 1.